The van der Waals surface area contributed by atoms with Gasteiger partial charge in [0.2, 0.25) is 0 Å². The highest BCUT2D eigenvalue weighted by Gasteiger charge is 2.27. The summed E-state index contributed by atoms with van der Waals surface area (Å²) < 4.78 is 23.8. The van der Waals surface area contributed by atoms with E-state index in [9.17, 15) is 4.57 Å². The van der Waals surface area contributed by atoms with Crippen LogP contribution in [0.15, 0.2) is 35.5 Å². The highest BCUT2D eigenvalue weighted by Crippen LogP contribution is 2.50. The Bertz CT molecular complexity index is 525. The molecule has 3 nitrogen and oxygen atoms in total. The molecule has 1 rings (SSSR count). The lowest BCUT2D eigenvalue weighted by Crippen LogP contribution is -2.18. The summed E-state index contributed by atoms with van der Waals surface area (Å²) in [5, 5.41) is 0. The Kier molecular flexibility index (Phi) is 8.19. The molecule has 0 aromatic heterocycles. The summed E-state index contributed by atoms with van der Waals surface area (Å²) >= 11 is 0. The minimum atomic E-state index is -3.07. The molecule has 0 N–H and O–H groups in total. The Balaban J connectivity index is 2.73. The fourth-order valence-electron chi connectivity index (χ4n) is 3.18. The van der Waals surface area contributed by atoms with Crippen LogP contribution in [0.1, 0.15) is 67.7 Å². The quantitative estimate of drug-likeness (QED) is 0.361. The monoisotopic (exact) mass is 354 g/mol. The first kappa shape index (κ1) is 21.4. The fraction of sp³-hybridized carbons (Fsp3) is 0.700. The van der Waals surface area contributed by atoms with E-state index in [0.29, 0.717) is 6.16 Å². The maximum Gasteiger partial charge on any atom is 0.334 e. The molecule has 1 aliphatic carbocycles. The Hall–Kier alpha value is -0.630. The molecule has 0 saturated carbocycles. The Morgan fingerprint density at radius 2 is 1.71 bits per heavy atom. The third-order valence-electron chi connectivity index (χ3n) is 4.12. The first-order valence-corrected chi connectivity index (χ1v) is 10.8. The normalized spacial score (nSPS) is 19.4. The van der Waals surface area contributed by atoms with E-state index in [1.165, 1.54) is 30.4 Å². The molecule has 0 bridgehead atoms. The largest absolute Gasteiger partial charge is 0.334 e. The first-order chi connectivity index (χ1) is 11.1. The number of allylic oxidation sites excluding steroid dienone is 6. The summed E-state index contributed by atoms with van der Waals surface area (Å²) in [6.45, 7) is 14.3. The lowest BCUT2D eigenvalue weighted by molar-refractivity contribution is 0.144. The zero-order valence-corrected chi connectivity index (χ0v) is 17.4. The molecular weight excluding hydrogens is 319 g/mol. The maximum absolute atomic E-state index is 12.7. The minimum Gasteiger partial charge on any atom is -0.306 e. The summed E-state index contributed by atoms with van der Waals surface area (Å²) in [5.41, 5.74) is 3.15. The van der Waals surface area contributed by atoms with Gasteiger partial charge >= 0.3 is 7.60 Å². The Labute approximate surface area is 148 Å². The van der Waals surface area contributed by atoms with Crippen molar-refractivity contribution in [1.29, 1.82) is 0 Å². The smallest absolute Gasteiger partial charge is 0.306 e. The Morgan fingerprint density at radius 1 is 1.12 bits per heavy atom. The van der Waals surface area contributed by atoms with Gasteiger partial charge in [-0.2, -0.15) is 0 Å². The Morgan fingerprint density at radius 3 is 2.21 bits per heavy atom. The van der Waals surface area contributed by atoms with Crippen LogP contribution in [-0.4, -0.2) is 18.4 Å². The molecule has 0 aliphatic heterocycles. The highest BCUT2D eigenvalue weighted by molar-refractivity contribution is 7.54. The topological polar surface area (TPSA) is 35.5 Å². The molecule has 0 aromatic carbocycles. The second-order valence-corrected chi connectivity index (χ2v) is 9.83. The van der Waals surface area contributed by atoms with Crippen molar-refractivity contribution in [3.05, 3.63) is 35.5 Å². The van der Waals surface area contributed by atoms with Crippen LogP contribution in [0, 0.1) is 5.41 Å². The van der Waals surface area contributed by atoms with Gasteiger partial charge in [-0.05, 0) is 64.9 Å². The zero-order chi connectivity index (χ0) is 18.4. The molecule has 138 valence electrons. The average molecular weight is 354 g/mol. The van der Waals surface area contributed by atoms with Gasteiger partial charge in [0.15, 0.2) is 0 Å². The van der Waals surface area contributed by atoms with E-state index in [0.717, 1.165) is 0 Å². The van der Waals surface area contributed by atoms with Crippen molar-refractivity contribution < 1.29 is 13.6 Å². The second kappa shape index (κ2) is 9.17. The summed E-state index contributed by atoms with van der Waals surface area (Å²) in [5.74, 6) is 0. The SMILES string of the molecule is CC1=C(C=CC=CCP(=O)(OC(C)C)OC(C)C)C(C)(C)CCC1. The predicted octanol–water partition coefficient (Wildman–Crippen LogP) is 6.67. The second-order valence-electron chi connectivity index (χ2n) is 7.82. The van der Waals surface area contributed by atoms with Gasteiger partial charge in [0.25, 0.3) is 0 Å². The van der Waals surface area contributed by atoms with Crippen LogP contribution in [0.2, 0.25) is 0 Å². The molecule has 24 heavy (non-hydrogen) atoms. The van der Waals surface area contributed by atoms with Gasteiger partial charge < -0.3 is 9.05 Å². The molecule has 0 fully saturated rings. The molecule has 1 aliphatic rings. The third-order valence-corrected chi connectivity index (χ3v) is 6.27. The van der Waals surface area contributed by atoms with Gasteiger partial charge in [-0.3, -0.25) is 4.57 Å². The maximum atomic E-state index is 12.7. The molecule has 0 saturated heterocycles. The van der Waals surface area contributed by atoms with Gasteiger partial charge in [-0.15, -0.1) is 0 Å². The van der Waals surface area contributed by atoms with Crippen LogP contribution in [0.5, 0.6) is 0 Å². The van der Waals surface area contributed by atoms with Crippen molar-refractivity contribution in [2.24, 2.45) is 5.41 Å². The molecule has 0 spiro atoms. The molecule has 0 unspecified atom stereocenters. The fourth-order valence-corrected chi connectivity index (χ4v) is 5.07. The van der Waals surface area contributed by atoms with Gasteiger partial charge in [0, 0.05) is 0 Å². The molecule has 4 heteroatoms. The van der Waals surface area contributed by atoms with E-state index in [-0.39, 0.29) is 17.6 Å². The first-order valence-electron chi connectivity index (χ1n) is 9.05. The number of rotatable bonds is 8. The molecule has 0 radical (unpaired) electrons. The highest BCUT2D eigenvalue weighted by atomic mass is 31.2. The van der Waals surface area contributed by atoms with Crippen LogP contribution in [0.3, 0.4) is 0 Å². The van der Waals surface area contributed by atoms with E-state index < -0.39 is 7.60 Å². The van der Waals surface area contributed by atoms with Crippen LogP contribution >= 0.6 is 7.60 Å². The molecule has 0 aromatic rings. The van der Waals surface area contributed by atoms with E-state index in [1.807, 2.05) is 45.9 Å². The van der Waals surface area contributed by atoms with Gasteiger partial charge in [0.1, 0.15) is 0 Å². The van der Waals surface area contributed by atoms with Gasteiger partial charge in [-0.25, -0.2) is 0 Å². The van der Waals surface area contributed by atoms with Crippen LogP contribution in [-0.2, 0) is 13.6 Å². The van der Waals surface area contributed by atoms with Crippen LogP contribution in [0.4, 0.5) is 0 Å². The van der Waals surface area contributed by atoms with E-state index in [2.05, 4.69) is 26.8 Å². The third kappa shape index (κ3) is 7.09. The average Bonchev–Trinajstić information content (AvgIpc) is 2.38. The molecule has 0 atom stereocenters. The van der Waals surface area contributed by atoms with E-state index in [1.54, 1.807) is 0 Å². The summed E-state index contributed by atoms with van der Waals surface area (Å²) in [7, 11) is -3.07. The van der Waals surface area contributed by atoms with Crippen molar-refractivity contribution >= 4 is 7.60 Å². The standard InChI is InChI=1S/C20H35O3P/c1-16(2)22-24(21,23-17(3)4)15-10-8-9-13-19-18(5)12-11-14-20(19,6)7/h8-10,13,16-17H,11-12,14-15H2,1-7H3. The summed E-state index contributed by atoms with van der Waals surface area (Å²) in [6.07, 6.45) is 11.8. The minimum absolute atomic E-state index is 0.116. The van der Waals surface area contributed by atoms with Crippen LogP contribution in [0.25, 0.3) is 0 Å². The van der Waals surface area contributed by atoms with Crippen molar-refractivity contribution in [3.63, 3.8) is 0 Å². The van der Waals surface area contributed by atoms with E-state index in [4.69, 9.17) is 9.05 Å². The summed E-state index contributed by atoms with van der Waals surface area (Å²) in [4.78, 5) is 0. The van der Waals surface area contributed by atoms with E-state index >= 15 is 0 Å². The van der Waals surface area contributed by atoms with Crippen LogP contribution < -0.4 is 0 Å². The van der Waals surface area contributed by atoms with Crippen molar-refractivity contribution in [2.75, 3.05) is 6.16 Å². The molecule has 0 heterocycles. The summed E-state index contributed by atoms with van der Waals surface area (Å²) in [6, 6.07) is 0. The zero-order valence-electron chi connectivity index (χ0n) is 16.5. The molecular formula is C20H35O3P. The van der Waals surface area contributed by atoms with Crippen molar-refractivity contribution in [3.8, 4) is 0 Å². The lowest BCUT2D eigenvalue weighted by atomic mass is 9.73. The van der Waals surface area contributed by atoms with Gasteiger partial charge in [0.05, 0.1) is 18.4 Å². The van der Waals surface area contributed by atoms with Crippen molar-refractivity contribution in [1.82, 2.24) is 0 Å². The molecule has 0 amide bonds. The van der Waals surface area contributed by atoms with Crippen molar-refractivity contribution in [2.45, 2.75) is 79.9 Å². The predicted molar refractivity (Wildman–Crippen MR) is 104 cm³/mol. The number of hydrogen-bond donors (Lipinski definition) is 0. The van der Waals surface area contributed by atoms with Gasteiger partial charge in [-0.1, -0.05) is 43.7 Å². The number of hydrogen-bond acceptors (Lipinski definition) is 3. The lowest BCUT2D eigenvalue weighted by Gasteiger charge is -2.32.